The molecule has 4 aromatic rings. The first kappa shape index (κ1) is 29.0. The van der Waals surface area contributed by atoms with Crippen molar-refractivity contribution in [1.82, 2.24) is 0 Å². The fourth-order valence-electron chi connectivity index (χ4n) is 6.34. The Morgan fingerprint density at radius 1 is 0.881 bits per heavy atom. The van der Waals surface area contributed by atoms with Crippen molar-refractivity contribution in [2.24, 2.45) is 5.92 Å². The Morgan fingerprint density at radius 3 is 2.19 bits per heavy atom. The summed E-state index contributed by atoms with van der Waals surface area (Å²) in [7, 11) is 0. The van der Waals surface area contributed by atoms with Crippen molar-refractivity contribution in [2.45, 2.75) is 60.3 Å². The number of non-ortho nitro benzene ring substituents is 1. The Bertz CT molecular complexity index is 1670. The van der Waals surface area contributed by atoms with Crippen LogP contribution in [0.4, 0.5) is 22.7 Å². The highest BCUT2D eigenvalue weighted by molar-refractivity contribution is 6.36. The number of unbranched alkanes of at least 4 members (excludes halogenated alkanes) is 1. The molecule has 7 heteroatoms. The molecule has 2 amide bonds. The fraction of sp³-hybridized carbons (Fsp3) is 0.314. The van der Waals surface area contributed by atoms with Gasteiger partial charge in [0.05, 0.1) is 10.6 Å². The van der Waals surface area contributed by atoms with Crippen LogP contribution in [-0.4, -0.2) is 23.3 Å². The summed E-state index contributed by atoms with van der Waals surface area (Å²) in [4.78, 5) is 42.8. The van der Waals surface area contributed by atoms with Crippen LogP contribution in [0.15, 0.2) is 66.7 Å². The number of nitrogens with zero attached hydrogens (tertiary/aromatic N) is 3. The molecule has 7 nitrogen and oxygen atoms in total. The Balaban J connectivity index is 1.69. The second-order valence-corrected chi connectivity index (χ2v) is 11.4. The Kier molecular flexibility index (Phi) is 8.12. The zero-order chi connectivity index (χ0) is 30.1. The molecule has 0 aromatic heterocycles. The summed E-state index contributed by atoms with van der Waals surface area (Å²) in [5.41, 5.74) is 5.94. The van der Waals surface area contributed by atoms with Crippen molar-refractivity contribution in [3.8, 4) is 0 Å². The largest absolute Gasteiger partial charge is 0.340 e. The first-order valence-electron chi connectivity index (χ1n) is 14.7. The van der Waals surface area contributed by atoms with Gasteiger partial charge in [0.2, 0.25) is 0 Å². The highest BCUT2D eigenvalue weighted by Crippen LogP contribution is 2.42. The van der Waals surface area contributed by atoms with Crippen molar-refractivity contribution >= 4 is 45.3 Å². The van der Waals surface area contributed by atoms with E-state index in [2.05, 4.69) is 18.7 Å². The Morgan fingerprint density at radius 2 is 1.55 bits per heavy atom. The molecular weight excluding hydrogens is 526 g/mol. The Hall–Kier alpha value is -4.52. The number of benzene rings is 4. The number of nitro groups is 1. The Labute approximate surface area is 246 Å². The number of hydrogen-bond donors (Lipinski definition) is 0. The molecular formula is C35H37N3O4. The van der Waals surface area contributed by atoms with E-state index in [9.17, 15) is 19.7 Å². The second-order valence-electron chi connectivity index (χ2n) is 11.4. The molecule has 0 aliphatic carbocycles. The molecule has 216 valence electrons. The van der Waals surface area contributed by atoms with Crippen molar-refractivity contribution in [3.05, 3.63) is 105 Å². The maximum absolute atomic E-state index is 14.0. The number of aryl methyl sites for hydroxylation is 3. The van der Waals surface area contributed by atoms with Crippen LogP contribution in [0.5, 0.6) is 0 Å². The predicted molar refractivity (Wildman–Crippen MR) is 169 cm³/mol. The molecule has 1 aliphatic heterocycles. The molecule has 1 aliphatic rings. The lowest BCUT2D eigenvalue weighted by atomic mass is 9.90. The molecule has 0 fully saturated rings. The average Bonchev–Trinajstić information content (AvgIpc) is 2.97. The van der Waals surface area contributed by atoms with E-state index in [0.717, 1.165) is 53.4 Å². The van der Waals surface area contributed by atoms with Crippen molar-refractivity contribution in [1.29, 1.82) is 0 Å². The van der Waals surface area contributed by atoms with Crippen LogP contribution in [0, 0.1) is 36.8 Å². The summed E-state index contributed by atoms with van der Waals surface area (Å²) in [5, 5.41) is 13.1. The van der Waals surface area contributed by atoms with E-state index in [0.29, 0.717) is 40.4 Å². The van der Waals surface area contributed by atoms with Crippen LogP contribution in [0.25, 0.3) is 10.8 Å². The predicted octanol–water partition coefficient (Wildman–Crippen LogP) is 8.83. The van der Waals surface area contributed by atoms with Gasteiger partial charge in [0, 0.05) is 52.0 Å². The highest BCUT2D eigenvalue weighted by Gasteiger charge is 2.36. The van der Waals surface area contributed by atoms with Crippen LogP contribution in [0.1, 0.15) is 76.9 Å². The van der Waals surface area contributed by atoms with E-state index in [1.54, 1.807) is 24.3 Å². The third-order valence-corrected chi connectivity index (χ3v) is 8.37. The van der Waals surface area contributed by atoms with Gasteiger partial charge in [0.15, 0.2) is 0 Å². The molecule has 1 heterocycles. The minimum Gasteiger partial charge on any atom is -0.340 e. The second kappa shape index (κ2) is 11.8. The van der Waals surface area contributed by atoms with Gasteiger partial charge < -0.3 is 4.90 Å². The van der Waals surface area contributed by atoms with E-state index in [1.165, 1.54) is 11.0 Å². The number of anilines is 3. The molecule has 0 saturated carbocycles. The van der Waals surface area contributed by atoms with Crippen LogP contribution < -0.4 is 9.80 Å². The molecule has 1 unspecified atom stereocenters. The molecule has 5 rings (SSSR count). The summed E-state index contributed by atoms with van der Waals surface area (Å²) in [6.07, 6.45) is 4.20. The molecule has 0 N–H and O–H groups in total. The molecule has 0 radical (unpaired) electrons. The first-order chi connectivity index (χ1) is 20.2. The van der Waals surface area contributed by atoms with Crippen molar-refractivity contribution in [3.63, 3.8) is 0 Å². The van der Waals surface area contributed by atoms with Crippen molar-refractivity contribution in [2.75, 3.05) is 16.3 Å². The third kappa shape index (κ3) is 5.15. The quantitative estimate of drug-likeness (QED) is 0.109. The van der Waals surface area contributed by atoms with Gasteiger partial charge in [-0.15, -0.1) is 0 Å². The zero-order valence-electron chi connectivity index (χ0n) is 24.9. The van der Waals surface area contributed by atoms with Gasteiger partial charge >= 0.3 is 0 Å². The monoisotopic (exact) mass is 563 g/mol. The summed E-state index contributed by atoms with van der Waals surface area (Å²) < 4.78 is 0. The lowest BCUT2D eigenvalue weighted by molar-refractivity contribution is -0.384. The van der Waals surface area contributed by atoms with Crippen LogP contribution in [-0.2, 0) is 0 Å². The SMILES string of the molecule is CCCCC(CC)CN(c1cccc([N+](=O)[O-])c1)c1ccc2c3c(cccc13)C(=O)N(c1c(C)cc(C)cc1C)C2=O. The lowest BCUT2D eigenvalue weighted by Crippen LogP contribution is -2.41. The molecule has 0 saturated heterocycles. The average molecular weight is 564 g/mol. The minimum atomic E-state index is -0.380. The van der Waals surface area contributed by atoms with Gasteiger partial charge in [-0.25, -0.2) is 4.90 Å². The van der Waals surface area contributed by atoms with Crippen LogP contribution >= 0.6 is 0 Å². The van der Waals surface area contributed by atoms with E-state index in [4.69, 9.17) is 0 Å². The van der Waals surface area contributed by atoms with Gasteiger partial charge in [0.1, 0.15) is 0 Å². The highest BCUT2D eigenvalue weighted by atomic mass is 16.6. The van der Waals surface area contributed by atoms with Crippen molar-refractivity contribution < 1.29 is 14.5 Å². The number of carbonyl (C=O) groups excluding carboxylic acids is 2. The maximum atomic E-state index is 14.0. The molecule has 0 bridgehead atoms. The molecule has 42 heavy (non-hydrogen) atoms. The van der Waals surface area contributed by atoms with Crippen LogP contribution in [0.3, 0.4) is 0 Å². The minimum absolute atomic E-state index is 0.0201. The topological polar surface area (TPSA) is 83.8 Å². The lowest BCUT2D eigenvalue weighted by Gasteiger charge is -2.33. The number of imide groups is 1. The van der Waals surface area contributed by atoms with E-state index in [1.807, 2.05) is 57.2 Å². The van der Waals surface area contributed by atoms with Gasteiger partial charge in [-0.3, -0.25) is 19.7 Å². The molecule has 1 atom stereocenters. The molecule has 4 aromatic carbocycles. The standard InChI is InChI=1S/C35H37N3O4/c1-6-8-11-25(7-2)21-36(26-12-9-13-27(20-26)38(41)42)31-17-16-30-32-28(31)14-10-15-29(32)34(39)37(35(30)40)33-23(4)18-22(3)19-24(33)5/h9-10,12-20,25H,6-8,11,21H2,1-5H3. The first-order valence-corrected chi connectivity index (χ1v) is 14.7. The number of rotatable bonds is 10. The molecule has 0 spiro atoms. The van der Waals surface area contributed by atoms with Gasteiger partial charge in [-0.2, -0.15) is 0 Å². The zero-order valence-corrected chi connectivity index (χ0v) is 24.9. The number of nitro benzene ring substituents is 1. The third-order valence-electron chi connectivity index (χ3n) is 8.37. The number of carbonyl (C=O) groups is 2. The number of amides is 2. The normalized spacial score (nSPS) is 13.5. The van der Waals surface area contributed by atoms with E-state index < -0.39 is 0 Å². The maximum Gasteiger partial charge on any atom is 0.271 e. The summed E-state index contributed by atoms with van der Waals surface area (Å²) in [6.45, 7) is 10.9. The summed E-state index contributed by atoms with van der Waals surface area (Å²) in [5.74, 6) is -0.329. The number of hydrogen-bond acceptors (Lipinski definition) is 5. The van der Waals surface area contributed by atoms with Gasteiger partial charge in [-0.1, -0.05) is 69.0 Å². The fourth-order valence-corrected chi connectivity index (χ4v) is 6.34. The van der Waals surface area contributed by atoms with Crippen LogP contribution in [0.2, 0.25) is 0 Å². The van der Waals surface area contributed by atoms with E-state index >= 15 is 0 Å². The van der Waals surface area contributed by atoms with Gasteiger partial charge in [0.25, 0.3) is 17.5 Å². The summed E-state index contributed by atoms with van der Waals surface area (Å²) in [6, 6.07) is 20.0. The summed E-state index contributed by atoms with van der Waals surface area (Å²) >= 11 is 0. The smallest absolute Gasteiger partial charge is 0.271 e. The van der Waals surface area contributed by atoms with E-state index in [-0.39, 0.29) is 22.4 Å². The van der Waals surface area contributed by atoms with Gasteiger partial charge in [-0.05, 0) is 68.5 Å².